The number of fused-ring (bicyclic) bond motifs is 1. The van der Waals surface area contributed by atoms with E-state index in [1.165, 1.54) is 0 Å². The summed E-state index contributed by atoms with van der Waals surface area (Å²) >= 11 is 2.23. The molecule has 2 N–H and O–H groups in total. The van der Waals surface area contributed by atoms with Gasteiger partial charge in [-0.2, -0.15) is 0 Å². The van der Waals surface area contributed by atoms with Crippen molar-refractivity contribution in [3.63, 3.8) is 0 Å². The Bertz CT molecular complexity index is 569. The molecule has 1 heterocycles. The number of nitrogens with one attached hydrogen (secondary N) is 1. The highest BCUT2D eigenvalue weighted by molar-refractivity contribution is 14.1. The SMILES string of the molecule is Cc1cc(C(=O)NO)nc2ccc(I)cc12. The Kier molecular flexibility index (Phi) is 3.06. The van der Waals surface area contributed by atoms with Gasteiger partial charge >= 0.3 is 0 Å². The molecule has 1 aromatic carbocycles. The van der Waals surface area contributed by atoms with Crippen molar-refractivity contribution in [2.75, 3.05) is 0 Å². The Hall–Kier alpha value is -1.21. The molecule has 0 aliphatic heterocycles. The topological polar surface area (TPSA) is 62.2 Å². The van der Waals surface area contributed by atoms with E-state index in [4.69, 9.17) is 5.21 Å². The highest BCUT2D eigenvalue weighted by atomic mass is 127. The molecule has 2 aromatic rings. The molecule has 0 saturated heterocycles. The van der Waals surface area contributed by atoms with Gasteiger partial charge in [-0.3, -0.25) is 10.0 Å². The number of benzene rings is 1. The first kappa shape index (κ1) is 11.3. The highest BCUT2D eigenvalue weighted by Gasteiger charge is 2.09. The standard InChI is InChI=1S/C11H9IN2O2/c1-6-4-10(11(15)14-16)13-9-3-2-7(12)5-8(6)9/h2-5,16H,1H3,(H,14,15). The van der Waals surface area contributed by atoms with E-state index in [2.05, 4.69) is 27.6 Å². The number of hydrogen-bond donors (Lipinski definition) is 2. The minimum atomic E-state index is -0.594. The molecule has 16 heavy (non-hydrogen) atoms. The Morgan fingerprint density at radius 3 is 2.88 bits per heavy atom. The molecule has 4 nitrogen and oxygen atoms in total. The first-order valence-electron chi connectivity index (χ1n) is 4.63. The highest BCUT2D eigenvalue weighted by Crippen LogP contribution is 2.20. The number of carbonyl (C=O) groups excluding carboxylic acids is 1. The number of carbonyl (C=O) groups is 1. The number of rotatable bonds is 1. The number of pyridine rings is 1. The van der Waals surface area contributed by atoms with E-state index in [0.29, 0.717) is 0 Å². The van der Waals surface area contributed by atoms with Crippen LogP contribution in [0.3, 0.4) is 0 Å². The summed E-state index contributed by atoms with van der Waals surface area (Å²) in [5.41, 5.74) is 3.51. The van der Waals surface area contributed by atoms with Crippen LogP contribution in [0.1, 0.15) is 16.1 Å². The van der Waals surface area contributed by atoms with Crippen molar-refractivity contribution in [1.29, 1.82) is 0 Å². The maximum atomic E-state index is 11.3. The van der Waals surface area contributed by atoms with Gasteiger partial charge in [0, 0.05) is 8.96 Å². The van der Waals surface area contributed by atoms with Crippen molar-refractivity contribution in [3.05, 3.63) is 39.1 Å². The van der Waals surface area contributed by atoms with Gasteiger partial charge in [-0.05, 0) is 59.3 Å². The van der Waals surface area contributed by atoms with Crippen LogP contribution in [0.4, 0.5) is 0 Å². The van der Waals surface area contributed by atoms with E-state index in [9.17, 15) is 4.79 Å². The van der Waals surface area contributed by atoms with E-state index in [-0.39, 0.29) is 5.69 Å². The number of halogens is 1. The summed E-state index contributed by atoms with van der Waals surface area (Å²) in [6.45, 7) is 1.91. The van der Waals surface area contributed by atoms with Crippen molar-refractivity contribution in [2.45, 2.75) is 6.92 Å². The zero-order valence-electron chi connectivity index (χ0n) is 8.49. The van der Waals surface area contributed by atoms with Crippen LogP contribution in [-0.4, -0.2) is 16.1 Å². The third-order valence-corrected chi connectivity index (χ3v) is 2.98. The molecule has 1 aromatic heterocycles. The zero-order chi connectivity index (χ0) is 11.7. The molecule has 0 aliphatic carbocycles. The molecule has 0 spiro atoms. The minimum absolute atomic E-state index is 0.216. The monoisotopic (exact) mass is 328 g/mol. The summed E-state index contributed by atoms with van der Waals surface area (Å²) in [6, 6.07) is 7.46. The van der Waals surface area contributed by atoms with E-state index >= 15 is 0 Å². The Morgan fingerprint density at radius 1 is 1.44 bits per heavy atom. The molecular formula is C11H9IN2O2. The van der Waals surface area contributed by atoms with Crippen LogP contribution in [0.25, 0.3) is 10.9 Å². The van der Waals surface area contributed by atoms with Gasteiger partial charge in [0.15, 0.2) is 0 Å². The lowest BCUT2D eigenvalue weighted by Gasteiger charge is -2.05. The summed E-state index contributed by atoms with van der Waals surface area (Å²) in [7, 11) is 0. The number of aromatic nitrogens is 1. The Balaban J connectivity index is 2.68. The number of aryl methyl sites for hydroxylation is 1. The first-order valence-corrected chi connectivity index (χ1v) is 5.71. The summed E-state index contributed by atoms with van der Waals surface area (Å²) in [6.07, 6.45) is 0. The number of nitrogens with zero attached hydrogens (tertiary/aromatic N) is 1. The smallest absolute Gasteiger partial charge is 0.288 e. The number of amides is 1. The number of hydroxylamine groups is 1. The largest absolute Gasteiger partial charge is 0.293 e. The van der Waals surface area contributed by atoms with Crippen LogP contribution in [0.15, 0.2) is 24.3 Å². The molecule has 82 valence electrons. The second-order valence-corrected chi connectivity index (χ2v) is 4.67. The Labute approximate surface area is 106 Å². The first-order chi connectivity index (χ1) is 7.61. The maximum absolute atomic E-state index is 11.3. The third kappa shape index (κ3) is 2.00. The third-order valence-electron chi connectivity index (χ3n) is 2.31. The molecule has 0 fully saturated rings. The van der Waals surface area contributed by atoms with Gasteiger partial charge in [0.25, 0.3) is 5.91 Å². The van der Waals surface area contributed by atoms with Gasteiger partial charge in [-0.15, -0.1) is 0 Å². The van der Waals surface area contributed by atoms with Gasteiger partial charge in [0.2, 0.25) is 0 Å². The van der Waals surface area contributed by atoms with Crippen molar-refractivity contribution in [3.8, 4) is 0 Å². The van der Waals surface area contributed by atoms with Crippen molar-refractivity contribution >= 4 is 39.4 Å². The van der Waals surface area contributed by atoms with Gasteiger partial charge in [-0.25, -0.2) is 10.5 Å². The van der Waals surface area contributed by atoms with Crippen molar-refractivity contribution in [2.24, 2.45) is 0 Å². The van der Waals surface area contributed by atoms with Crippen LogP contribution in [0.5, 0.6) is 0 Å². The molecule has 0 radical (unpaired) electrons. The average Bonchev–Trinajstić information content (AvgIpc) is 2.28. The van der Waals surface area contributed by atoms with Crippen LogP contribution in [0, 0.1) is 10.5 Å². The fourth-order valence-corrected chi connectivity index (χ4v) is 2.03. The lowest BCUT2D eigenvalue weighted by Crippen LogP contribution is -2.20. The van der Waals surface area contributed by atoms with Crippen molar-refractivity contribution < 1.29 is 10.0 Å². The van der Waals surface area contributed by atoms with Crippen LogP contribution < -0.4 is 5.48 Å². The lowest BCUT2D eigenvalue weighted by molar-refractivity contribution is 0.0701. The number of hydrogen-bond acceptors (Lipinski definition) is 3. The lowest BCUT2D eigenvalue weighted by atomic mass is 10.1. The summed E-state index contributed by atoms with van der Waals surface area (Å²) < 4.78 is 1.12. The van der Waals surface area contributed by atoms with E-state index in [0.717, 1.165) is 20.0 Å². The molecule has 0 unspecified atom stereocenters. The van der Waals surface area contributed by atoms with E-state index in [1.54, 1.807) is 11.5 Å². The molecule has 1 amide bonds. The molecule has 5 heteroatoms. The van der Waals surface area contributed by atoms with Gasteiger partial charge in [-0.1, -0.05) is 0 Å². The van der Waals surface area contributed by atoms with Crippen LogP contribution in [0.2, 0.25) is 0 Å². The molecule has 0 aliphatic rings. The Morgan fingerprint density at radius 2 is 2.19 bits per heavy atom. The van der Waals surface area contributed by atoms with E-state index < -0.39 is 5.91 Å². The van der Waals surface area contributed by atoms with Crippen molar-refractivity contribution in [1.82, 2.24) is 10.5 Å². The molecule has 0 saturated carbocycles. The maximum Gasteiger partial charge on any atom is 0.293 e. The molecular weight excluding hydrogens is 319 g/mol. The molecule has 0 atom stereocenters. The van der Waals surface area contributed by atoms with Gasteiger partial charge in [0.05, 0.1) is 5.52 Å². The van der Waals surface area contributed by atoms with E-state index in [1.807, 2.05) is 25.1 Å². The molecule has 2 rings (SSSR count). The quantitative estimate of drug-likeness (QED) is 0.480. The second-order valence-electron chi connectivity index (χ2n) is 3.43. The summed E-state index contributed by atoms with van der Waals surface area (Å²) in [4.78, 5) is 15.4. The van der Waals surface area contributed by atoms with Crippen LogP contribution >= 0.6 is 22.6 Å². The fourth-order valence-electron chi connectivity index (χ4n) is 1.54. The molecule has 0 bridgehead atoms. The normalized spacial score (nSPS) is 10.4. The predicted molar refractivity (Wildman–Crippen MR) is 68.4 cm³/mol. The summed E-state index contributed by atoms with van der Waals surface area (Å²) in [5.74, 6) is -0.594. The minimum Gasteiger partial charge on any atom is -0.288 e. The predicted octanol–water partition coefficient (Wildman–Crippen LogP) is 2.27. The zero-order valence-corrected chi connectivity index (χ0v) is 10.6. The summed E-state index contributed by atoms with van der Waals surface area (Å²) in [5, 5.41) is 9.57. The van der Waals surface area contributed by atoms with Gasteiger partial charge < -0.3 is 0 Å². The second kappa shape index (κ2) is 4.34. The average molecular weight is 328 g/mol. The fraction of sp³-hybridized carbons (Fsp3) is 0.0909. The van der Waals surface area contributed by atoms with Gasteiger partial charge in [0.1, 0.15) is 5.69 Å². The van der Waals surface area contributed by atoms with Crippen LogP contribution in [-0.2, 0) is 0 Å².